The lowest BCUT2D eigenvalue weighted by molar-refractivity contribution is 0.387. The molecule has 0 saturated carbocycles. The van der Waals surface area contributed by atoms with Gasteiger partial charge in [0.2, 0.25) is 0 Å². The highest BCUT2D eigenvalue weighted by molar-refractivity contribution is 7.81. The molecule has 10 heteroatoms. The van der Waals surface area contributed by atoms with Gasteiger partial charge in [-0.1, -0.05) is 18.2 Å². The normalized spacial score (nSPS) is 9.61. The van der Waals surface area contributed by atoms with Crippen molar-refractivity contribution in [3.63, 3.8) is 0 Å². The summed E-state index contributed by atoms with van der Waals surface area (Å²) in [6.07, 6.45) is 0. The number of benzene rings is 1. The Kier molecular flexibility index (Phi) is 6.17. The molecule has 1 aromatic carbocycles. The molecule has 0 unspecified atom stereocenters. The number of hydrogen-bond acceptors (Lipinski definition) is 5. The zero-order valence-corrected chi connectivity index (χ0v) is 9.94. The summed E-state index contributed by atoms with van der Waals surface area (Å²) in [6, 6.07) is 7.75. The predicted octanol–water partition coefficient (Wildman–Crippen LogP) is -0.769. The lowest BCUT2D eigenvalue weighted by Crippen LogP contribution is -2.39. The Bertz CT molecular complexity index is 489. The van der Waals surface area contributed by atoms with E-state index in [-0.39, 0.29) is 17.7 Å². The standard InChI is InChI=1S/C6H6O4S.C2H7N5/c7-11(8,9)10-6-4-2-1-3-5-6;3-1(4)7-2(5)6/h1-5H,(H,7,8,9);(H7,3,4,5,6,7). The number of hydrogen-bond donors (Lipinski definition) is 6. The van der Waals surface area contributed by atoms with Crippen molar-refractivity contribution >= 4 is 22.3 Å². The molecular weight excluding hydrogens is 262 g/mol. The Morgan fingerprint density at radius 3 is 1.89 bits per heavy atom. The minimum atomic E-state index is -4.38. The van der Waals surface area contributed by atoms with Crippen LogP contribution in [0.5, 0.6) is 5.75 Å². The van der Waals surface area contributed by atoms with Gasteiger partial charge in [0.05, 0.1) is 0 Å². The predicted molar refractivity (Wildman–Crippen MR) is 65.6 cm³/mol. The first-order valence-electron chi connectivity index (χ1n) is 4.37. The van der Waals surface area contributed by atoms with E-state index in [0.29, 0.717) is 0 Å². The molecular formula is C8H13N5O4S. The van der Waals surface area contributed by atoms with Crippen molar-refractivity contribution in [1.29, 1.82) is 10.8 Å². The first kappa shape index (κ1) is 15.7. The van der Waals surface area contributed by atoms with Crippen molar-refractivity contribution in [2.75, 3.05) is 0 Å². The van der Waals surface area contributed by atoms with Crippen LogP contribution in [0.25, 0.3) is 0 Å². The maximum absolute atomic E-state index is 10.1. The van der Waals surface area contributed by atoms with Crippen LogP contribution in [0.4, 0.5) is 0 Å². The number of rotatable bonds is 2. The van der Waals surface area contributed by atoms with Crippen LogP contribution >= 0.6 is 0 Å². The zero-order valence-electron chi connectivity index (χ0n) is 9.12. The van der Waals surface area contributed by atoms with Gasteiger partial charge in [0.25, 0.3) is 0 Å². The molecule has 0 atom stereocenters. The highest BCUT2D eigenvalue weighted by Crippen LogP contribution is 2.09. The van der Waals surface area contributed by atoms with Gasteiger partial charge in [-0.15, -0.1) is 0 Å². The van der Waals surface area contributed by atoms with Gasteiger partial charge in [-0.2, -0.15) is 8.42 Å². The summed E-state index contributed by atoms with van der Waals surface area (Å²) in [7, 11) is -4.38. The van der Waals surface area contributed by atoms with Gasteiger partial charge < -0.3 is 15.7 Å². The molecule has 8 N–H and O–H groups in total. The van der Waals surface area contributed by atoms with Crippen LogP contribution in [0, 0.1) is 10.8 Å². The highest BCUT2D eigenvalue weighted by atomic mass is 32.3. The summed E-state index contributed by atoms with van der Waals surface area (Å²) in [5.41, 5.74) is 9.49. The third kappa shape index (κ3) is 10.2. The van der Waals surface area contributed by atoms with Crippen LogP contribution in [-0.4, -0.2) is 24.9 Å². The van der Waals surface area contributed by atoms with Gasteiger partial charge in [-0.3, -0.25) is 20.7 Å². The topological polar surface area (TPSA) is 175 Å². The maximum Gasteiger partial charge on any atom is 0.446 e. The Morgan fingerprint density at radius 1 is 1.17 bits per heavy atom. The highest BCUT2D eigenvalue weighted by Gasteiger charge is 2.04. The molecule has 1 rings (SSSR count). The van der Waals surface area contributed by atoms with Gasteiger partial charge in [0, 0.05) is 0 Å². The largest absolute Gasteiger partial charge is 0.446 e. The Balaban J connectivity index is 0.000000360. The summed E-state index contributed by atoms with van der Waals surface area (Å²) in [4.78, 5) is 0. The van der Waals surface area contributed by atoms with Gasteiger partial charge >= 0.3 is 10.4 Å². The van der Waals surface area contributed by atoms with Crippen LogP contribution in [0.1, 0.15) is 0 Å². The van der Waals surface area contributed by atoms with Crippen LogP contribution < -0.4 is 21.0 Å². The quantitative estimate of drug-likeness (QED) is 0.233. The average molecular weight is 275 g/mol. The first-order chi connectivity index (χ1) is 8.20. The van der Waals surface area contributed by atoms with Crippen LogP contribution in [0.3, 0.4) is 0 Å². The van der Waals surface area contributed by atoms with Crippen molar-refractivity contribution in [2.24, 2.45) is 11.5 Å². The zero-order chi connectivity index (χ0) is 14.2. The van der Waals surface area contributed by atoms with E-state index in [4.69, 9.17) is 26.8 Å². The van der Waals surface area contributed by atoms with Crippen molar-refractivity contribution in [2.45, 2.75) is 0 Å². The van der Waals surface area contributed by atoms with E-state index in [2.05, 4.69) is 4.18 Å². The first-order valence-corrected chi connectivity index (χ1v) is 5.74. The van der Waals surface area contributed by atoms with E-state index in [9.17, 15) is 8.42 Å². The van der Waals surface area contributed by atoms with Crippen LogP contribution in [-0.2, 0) is 10.4 Å². The van der Waals surface area contributed by atoms with E-state index in [0.717, 1.165) is 0 Å². The average Bonchev–Trinajstić information content (AvgIpc) is 2.14. The summed E-state index contributed by atoms with van der Waals surface area (Å²) in [5.74, 6) is -0.532. The molecule has 0 amide bonds. The molecule has 0 aliphatic heterocycles. The third-order valence-electron chi connectivity index (χ3n) is 1.21. The van der Waals surface area contributed by atoms with Crippen molar-refractivity contribution in [3.05, 3.63) is 30.3 Å². The van der Waals surface area contributed by atoms with Crippen molar-refractivity contribution in [3.8, 4) is 5.75 Å². The molecule has 0 heterocycles. The SMILES string of the molecule is N=C(N)NC(=N)N.O=S(=O)(O)Oc1ccccc1. The molecule has 100 valence electrons. The molecule has 0 radical (unpaired) electrons. The molecule has 1 aromatic rings. The number of guanidine groups is 2. The number of nitrogens with two attached hydrogens (primary N) is 2. The number of nitrogens with one attached hydrogen (secondary N) is 3. The lowest BCUT2D eigenvalue weighted by atomic mass is 10.3. The second kappa shape index (κ2) is 7.09. The van der Waals surface area contributed by atoms with Crippen molar-refractivity contribution in [1.82, 2.24) is 5.32 Å². The fourth-order valence-corrected chi connectivity index (χ4v) is 1.10. The molecule has 0 aromatic heterocycles. The van der Waals surface area contributed by atoms with Gasteiger partial charge in [-0.05, 0) is 12.1 Å². The number of para-hydroxylation sites is 1. The Morgan fingerprint density at radius 2 is 1.61 bits per heavy atom. The van der Waals surface area contributed by atoms with E-state index in [1.165, 1.54) is 12.1 Å². The molecule has 9 nitrogen and oxygen atoms in total. The summed E-state index contributed by atoms with van der Waals surface area (Å²) < 4.78 is 32.6. The minimum Gasteiger partial charge on any atom is -0.370 e. The lowest BCUT2D eigenvalue weighted by Gasteiger charge is -1.98. The molecule has 18 heavy (non-hydrogen) atoms. The third-order valence-corrected chi connectivity index (χ3v) is 1.62. The molecule has 0 spiro atoms. The summed E-state index contributed by atoms with van der Waals surface area (Å²) in [6.45, 7) is 0. The molecule has 0 aliphatic carbocycles. The monoisotopic (exact) mass is 275 g/mol. The van der Waals surface area contributed by atoms with E-state index in [1.54, 1.807) is 18.2 Å². The molecule has 0 bridgehead atoms. The van der Waals surface area contributed by atoms with Crippen LogP contribution in [0.15, 0.2) is 30.3 Å². The Labute approximate surface area is 104 Å². The fraction of sp³-hybridized carbons (Fsp3) is 0. The van der Waals surface area contributed by atoms with E-state index >= 15 is 0 Å². The Hall–Kier alpha value is -2.33. The van der Waals surface area contributed by atoms with Gasteiger partial charge in [-0.25, -0.2) is 0 Å². The van der Waals surface area contributed by atoms with Gasteiger partial charge in [0.15, 0.2) is 11.9 Å². The van der Waals surface area contributed by atoms with Crippen molar-refractivity contribution < 1.29 is 17.2 Å². The second-order valence-corrected chi connectivity index (χ2v) is 3.80. The maximum atomic E-state index is 10.1. The van der Waals surface area contributed by atoms with E-state index < -0.39 is 10.4 Å². The molecule has 0 aliphatic rings. The second-order valence-electron chi connectivity index (χ2n) is 2.78. The minimum absolute atomic E-state index is 0.0926. The summed E-state index contributed by atoms with van der Waals surface area (Å²) >= 11 is 0. The smallest absolute Gasteiger partial charge is 0.370 e. The van der Waals surface area contributed by atoms with Gasteiger partial charge in [0.1, 0.15) is 5.75 Å². The van der Waals surface area contributed by atoms with E-state index in [1.807, 2.05) is 5.32 Å². The molecule has 0 saturated heterocycles. The molecule has 0 fully saturated rings. The van der Waals surface area contributed by atoms with Crippen LogP contribution in [0.2, 0.25) is 0 Å². The fourth-order valence-electron chi connectivity index (χ4n) is 0.743. The summed E-state index contributed by atoms with van der Waals surface area (Å²) in [5, 5.41) is 15.0.